The normalized spacial score (nSPS) is 15.7. The molecule has 1 saturated heterocycles. The highest BCUT2D eigenvalue weighted by molar-refractivity contribution is 5.79. The van der Waals surface area contributed by atoms with Crippen molar-refractivity contribution in [2.45, 2.75) is 52.1 Å². The van der Waals surface area contributed by atoms with Crippen LogP contribution >= 0.6 is 0 Å². The lowest BCUT2D eigenvalue weighted by atomic mass is 9.95. The quantitative estimate of drug-likeness (QED) is 0.750. The molecule has 1 aromatic carbocycles. The maximum Gasteiger partial charge on any atom is 0.241 e. The molecule has 7 nitrogen and oxygen atoms in total. The highest BCUT2D eigenvalue weighted by Gasteiger charge is 2.26. The van der Waals surface area contributed by atoms with Crippen LogP contribution in [0.2, 0.25) is 0 Å². The van der Waals surface area contributed by atoms with Gasteiger partial charge in [0.25, 0.3) is 0 Å². The molecule has 3 rings (SSSR count). The second kappa shape index (κ2) is 9.68. The molecule has 0 radical (unpaired) electrons. The number of hydrogen-bond donors (Lipinski definition) is 1. The summed E-state index contributed by atoms with van der Waals surface area (Å²) >= 11 is 0. The predicted octanol–water partition coefficient (Wildman–Crippen LogP) is 3.26. The number of methoxy groups -OCH3 is 1. The molecular weight excluding hydrogens is 356 g/mol. The molecule has 0 aliphatic carbocycles. The summed E-state index contributed by atoms with van der Waals surface area (Å²) in [6, 6.07) is 7.88. The summed E-state index contributed by atoms with van der Waals surface area (Å²) < 4.78 is 10.6. The fourth-order valence-electron chi connectivity index (χ4n) is 3.53. The number of rotatable bonds is 8. The predicted molar refractivity (Wildman–Crippen MR) is 107 cm³/mol. The van der Waals surface area contributed by atoms with E-state index in [9.17, 15) is 4.79 Å². The SMILES string of the molecule is CCC(CC)NC(=O)C1CCN(Cc2nc(-c3ccc(OC)cc3)no2)CC1. The molecule has 28 heavy (non-hydrogen) atoms. The van der Waals surface area contributed by atoms with Crippen LogP contribution in [0.4, 0.5) is 0 Å². The van der Waals surface area contributed by atoms with E-state index in [-0.39, 0.29) is 11.8 Å². The summed E-state index contributed by atoms with van der Waals surface area (Å²) in [5.41, 5.74) is 0.896. The van der Waals surface area contributed by atoms with Gasteiger partial charge < -0.3 is 14.6 Å². The van der Waals surface area contributed by atoms with Crippen LogP contribution < -0.4 is 10.1 Å². The maximum atomic E-state index is 12.4. The highest BCUT2D eigenvalue weighted by Crippen LogP contribution is 2.22. The summed E-state index contributed by atoms with van der Waals surface area (Å²) in [5.74, 6) is 2.29. The van der Waals surface area contributed by atoms with Crippen LogP contribution in [0.5, 0.6) is 5.75 Å². The molecule has 1 aromatic heterocycles. The molecule has 0 atom stereocenters. The summed E-state index contributed by atoms with van der Waals surface area (Å²) in [5, 5.41) is 7.26. The van der Waals surface area contributed by atoms with Gasteiger partial charge in [-0.1, -0.05) is 19.0 Å². The van der Waals surface area contributed by atoms with Crippen LogP contribution in [-0.4, -0.2) is 47.2 Å². The van der Waals surface area contributed by atoms with Gasteiger partial charge in [-0.2, -0.15) is 4.98 Å². The maximum absolute atomic E-state index is 12.4. The van der Waals surface area contributed by atoms with Crippen molar-refractivity contribution < 1.29 is 14.1 Å². The summed E-state index contributed by atoms with van der Waals surface area (Å²) in [4.78, 5) is 19.2. The Kier molecular flexibility index (Phi) is 7.03. The van der Waals surface area contributed by atoms with E-state index < -0.39 is 0 Å². The van der Waals surface area contributed by atoms with Crippen LogP contribution in [0.3, 0.4) is 0 Å². The molecule has 2 heterocycles. The van der Waals surface area contributed by atoms with Crippen molar-refractivity contribution in [2.24, 2.45) is 5.92 Å². The first-order valence-electron chi connectivity index (χ1n) is 10.1. The molecule has 152 valence electrons. The van der Waals surface area contributed by atoms with E-state index in [4.69, 9.17) is 9.26 Å². The van der Waals surface area contributed by atoms with Crippen molar-refractivity contribution >= 4 is 5.91 Å². The molecule has 7 heteroatoms. The Bertz CT molecular complexity index is 747. The third-order valence-corrected chi connectivity index (χ3v) is 5.47. The fourth-order valence-corrected chi connectivity index (χ4v) is 3.53. The molecule has 1 amide bonds. The Hall–Kier alpha value is -2.41. The van der Waals surface area contributed by atoms with Crippen molar-refractivity contribution in [3.63, 3.8) is 0 Å². The lowest BCUT2D eigenvalue weighted by Gasteiger charge is -2.31. The zero-order chi connectivity index (χ0) is 19.9. The second-order valence-electron chi connectivity index (χ2n) is 7.31. The van der Waals surface area contributed by atoms with Crippen molar-refractivity contribution in [3.8, 4) is 17.1 Å². The molecule has 1 N–H and O–H groups in total. The number of ether oxygens (including phenoxy) is 1. The summed E-state index contributed by atoms with van der Waals surface area (Å²) in [6.45, 7) is 6.57. The smallest absolute Gasteiger partial charge is 0.241 e. The Morgan fingerprint density at radius 2 is 1.93 bits per heavy atom. The molecule has 0 bridgehead atoms. The standard InChI is InChI=1S/C21H30N4O3/c1-4-17(5-2)22-21(26)16-10-12-25(13-11-16)14-19-23-20(24-28-19)15-6-8-18(27-3)9-7-15/h6-9,16-17H,4-5,10-14H2,1-3H3,(H,22,26). The fraction of sp³-hybridized carbons (Fsp3) is 0.571. The van der Waals surface area contributed by atoms with Gasteiger partial charge in [-0.3, -0.25) is 9.69 Å². The van der Waals surface area contributed by atoms with Gasteiger partial charge in [0.1, 0.15) is 5.75 Å². The number of nitrogens with one attached hydrogen (secondary N) is 1. The van der Waals surface area contributed by atoms with Gasteiger partial charge in [-0.05, 0) is 63.0 Å². The molecule has 0 spiro atoms. The number of carbonyl (C=O) groups is 1. The minimum absolute atomic E-state index is 0.106. The Morgan fingerprint density at radius 1 is 1.25 bits per heavy atom. The number of amides is 1. The molecule has 1 aliphatic heterocycles. The van der Waals surface area contributed by atoms with E-state index in [1.165, 1.54) is 0 Å². The van der Waals surface area contributed by atoms with E-state index in [2.05, 4.69) is 34.2 Å². The summed E-state index contributed by atoms with van der Waals surface area (Å²) in [6.07, 6.45) is 3.69. The van der Waals surface area contributed by atoms with Gasteiger partial charge in [0.05, 0.1) is 13.7 Å². The minimum Gasteiger partial charge on any atom is -0.497 e. The van der Waals surface area contributed by atoms with Crippen LogP contribution in [0.1, 0.15) is 45.4 Å². The molecular formula is C21H30N4O3. The summed E-state index contributed by atoms with van der Waals surface area (Å²) in [7, 11) is 1.64. The molecule has 1 aliphatic rings. The molecule has 0 unspecified atom stereocenters. The monoisotopic (exact) mass is 386 g/mol. The first-order chi connectivity index (χ1) is 13.6. The highest BCUT2D eigenvalue weighted by atomic mass is 16.5. The van der Waals surface area contributed by atoms with Crippen LogP contribution in [-0.2, 0) is 11.3 Å². The lowest BCUT2D eigenvalue weighted by Crippen LogP contribution is -2.43. The van der Waals surface area contributed by atoms with Gasteiger partial charge in [0, 0.05) is 17.5 Å². The van der Waals surface area contributed by atoms with E-state index in [0.717, 1.165) is 50.1 Å². The van der Waals surface area contributed by atoms with Gasteiger partial charge in [-0.15, -0.1) is 0 Å². The minimum atomic E-state index is 0.106. The number of hydrogen-bond acceptors (Lipinski definition) is 6. The van der Waals surface area contributed by atoms with Crippen LogP contribution in [0.25, 0.3) is 11.4 Å². The zero-order valence-electron chi connectivity index (χ0n) is 17.0. The van der Waals surface area contributed by atoms with E-state index in [0.29, 0.717) is 24.3 Å². The number of nitrogens with zero attached hydrogens (tertiary/aromatic N) is 3. The number of carbonyl (C=O) groups excluding carboxylic acids is 1. The van der Waals surface area contributed by atoms with Crippen molar-refractivity contribution in [2.75, 3.05) is 20.2 Å². The first-order valence-corrected chi connectivity index (χ1v) is 10.1. The molecule has 2 aromatic rings. The van der Waals surface area contributed by atoms with Crippen molar-refractivity contribution in [3.05, 3.63) is 30.2 Å². The van der Waals surface area contributed by atoms with Gasteiger partial charge >= 0.3 is 0 Å². The molecule has 1 fully saturated rings. The van der Waals surface area contributed by atoms with Gasteiger partial charge in [-0.25, -0.2) is 0 Å². The Morgan fingerprint density at radius 3 is 2.54 bits per heavy atom. The Balaban J connectivity index is 1.50. The Labute approximate surface area is 166 Å². The number of piperidine rings is 1. The third kappa shape index (κ3) is 5.10. The lowest BCUT2D eigenvalue weighted by molar-refractivity contribution is -0.127. The van der Waals surface area contributed by atoms with Gasteiger partial charge in [0.15, 0.2) is 0 Å². The van der Waals surface area contributed by atoms with Crippen LogP contribution in [0.15, 0.2) is 28.8 Å². The topological polar surface area (TPSA) is 80.5 Å². The van der Waals surface area contributed by atoms with Crippen molar-refractivity contribution in [1.82, 2.24) is 20.4 Å². The average Bonchev–Trinajstić information content (AvgIpc) is 3.21. The van der Waals surface area contributed by atoms with Crippen molar-refractivity contribution in [1.29, 1.82) is 0 Å². The second-order valence-corrected chi connectivity index (χ2v) is 7.31. The number of aromatic nitrogens is 2. The van der Waals surface area contributed by atoms with E-state index in [1.54, 1.807) is 7.11 Å². The third-order valence-electron chi connectivity index (χ3n) is 5.47. The van der Waals surface area contributed by atoms with E-state index in [1.807, 2.05) is 24.3 Å². The largest absolute Gasteiger partial charge is 0.497 e. The molecule has 0 saturated carbocycles. The average molecular weight is 386 g/mol. The number of benzene rings is 1. The van der Waals surface area contributed by atoms with Gasteiger partial charge in [0.2, 0.25) is 17.6 Å². The van der Waals surface area contributed by atoms with E-state index >= 15 is 0 Å². The van der Waals surface area contributed by atoms with Crippen LogP contribution in [0, 0.1) is 5.92 Å². The zero-order valence-corrected chi connectivity index (χ0v) is 17.0. The first kappa shape index (κ1) is 20.3. The number of likely N-dealkylation sites (tertiary alicyclic amines) is 1.